The van der Waals surface area contributed by atoms with Crippen molar-refractivity contribution < 1.29 is 9.53 Å². The minimum atomic E-state index is -0.211. The second-order valence-corrected chi connectivity index (χ2v) is 3.23. The van der Waals surface area contributed by atoms with Crippen LogP contribution >= 0.6 is 23.2 Å². The molecule has 78 valence electrons. The molecule has 0 radical (unpaired) electrons. The Labute approximate surface area is 93.8 Å². The molecule has 0 saturated carbocycles. The Bertz CT molecular complexity index is 249. The van der Waals surface area contributed by atoms with Crippen LogP contribution in [0.3, 0.4) is 0 Å². The van der Waals surface area contributed by atoms with E-state index in [1.54, 1.807) is 31.2 Å². The van der Waals surface area contributed by atoms with E-state index in [0.29, 0.717) is 6.61 Å². The molecule has 0 aromatic heterocycles. The zero-order chi connectivity index (χ0) is 11.0. The van der Waals surface area contributed by atoms with Crippen LogP contribution in [0.25, 0.3) is 0 Å². The van der Waals surface area contributed by atoms with Gasteiger partial charge in [-0.25, -0.2) is 0 Å². The van der Waals surface area contributed by atoms with Gasteiger partial charge in [0, 0.05) is 17.0 Å². The molecule has 0 amide bonds. The third-order valence-corrected chi connectivity index (χ3v) is 1.66. The highest BCUT2D eigenvalue weighted by atomic mass is 35.5. The molecule has 4 heteroatoms. The quantitative estimate of drug-likeness (QED) is 0.695. The van der Waals surface area contributed by atoms with Gasteiger partial charge in [0.25, 0.3) is 0 Å². The molecule has 0 fully saturated rings. The fourth-order valence-electron chi connectivity index (χ4n) is 0.633. The first-order chi connectivity index (χ1) is 6.56. The number of ether oxygens (including phenoxy) is 1. The number of benzene rings is 1. The molecule has 2 nitrogen and oxygen atoms in total. The molecule has 0 aliphatic carbocycles. The Hall–Kier alpha value is -0.730. The average Bonchev–Trinajstić information content (AvgIpc) is 2.11. The molecule has 0 heterocycles. The Balaban J connectivity index is 0.000000255. The first-order valence-electron chi connectivity index (χ1n) is 4.10. The van der Waals surface area contributed by atoms with Gasteiger partial charge in [-0.1, -0.05) is 23.2 Å². The lowest BCUT2D eigenvalue weighted by Crippen LogP contribution is -1.95. The molecule has 1 rings (SSSR count). The van der Waals surface area contributed by atoms with Gasteiger partial charge in [0.1, 0.15) is 0 Å². The van der Waals surface area contributed by atoms with Crippen molar-refractivity contribution in [1.82, 2.24) is 0 Å². The van der Waals surface area contributed by atoms with Gasteiger partial charge in [0.15, 0.2) is 0 Å². The van der Waals surface area contributed by atoms with Crippen LogP contribution in [0.15, 0.2) is 24.3 Å². The van der Waals surface area contributed by atoms with Gasteiger partial charge in [0.2, 0.25) is 0 Å². The fraction of sp³-hybridized carbons (Fsp3) is 0.300. The third-order valence-electron chi connectivity index (χ3n) is 1.15. The number of carbonyl (C=O) groups excluding carboxylic acids is 1. The molecule has 1 aromatic rings. The SMILES string of the molecule is CCOC(C)=O.Clc1ccc(Cl)cc1. The molecule has 0 spiro atoms. The van der Waals surface area contributed by atoms with Crippen LogP contribution in [0.4, 0.5) is 0 Å². The van der Waals surface area contributed by atoms with Crippen LogP contribution in [-0.2, 0) is 9.53 Å². The second-order valence-electron chi connectivity index (χ2n) is 2.36. The number of carbonyl (C=O) groups is 1. The van der Waals surface area contributed by atoms with Gasteiger partial charge in [-0.05, 0) is 31.2 Å². The molecule has 0 N–H and O–H groups in total. The molecule has 0 saturated heterocycles. The van der Waals surface area contributed by atoms with Gasteiger partial charge in [-0.3, -0.25) is 4.79 Å². The van der Waals surface area contributed by atoms with E-state index in [0.717, 1.165) is 10.0 Å². The van der Waals surface area contributed by atoms with Crippen LogP contribution in [0.2, 0.25) is 10.0 Å². The summed E-state index contributed by atoms with van der Waals surface area (Å²) in [4.78, 5) is 9.82. The van der Waals surface area contributed by atoms with E-state index >= 15 is 0 Å². The van der Waals surface area contributed by atoms with Crippen LogP contribution in [0, 0.1) is 0 Å². The van der Waals surface area contributed by atoms with Crippen LogP contribution in [0.1, 0.15) is 13.8 Å². The number of esters is 1. The largest absolute Gasteiger partial charge is 0.466 e. The van der Waals surface area contributed by atoms with Crippen LogP contribution in [0.5, 0.6) is 0 Å². The van der Waals surface area contributed by atoms with Crippen molar-refractivity contribution >= 4 is 29.2 Å². The zero-order valence-electron chi connectivity index (χ0n) is 8.09. The highest BCUT2D eigenvalue weighted by Gasteiger charge is 1.83. The van der Waals surface area contributed by atoms with Crippen LogP contribution in [-0.4, -0.2) is 12.6 Å². The van der Waals surface area contributed by atoms with E-state index < -0.39 is 0 Å². The normalized spacial score (nSPS) is 8.57. The van der Waals surface area contributed by atoms with Crippen molar-refractivity contribution in [3.8, 4) is 0 Å². The standard InChI is InChI=1S/C6H4Cl2.C4H8O2/c7-5-1-2-6(8)4-3-5;1-3-6-4(2)5/h1-4H;3H2,1-2H3. The molecule has 0 bridgehead atoms. The Morgan fingerprint density at radius 2 is 1.57 bits per heavy atom. The summed E-state index contributed by atoms with van der Waals surface area (Å²) in [5, 5.41) is 1.43. The molecular formula is C10H12Cl2O2. The van der Waals surface area contributed by atoms with E-state index in [1.165, 1.54) is 6.92 Å². The summed E-state index contributed by atoms with van der Waals surface area (Å²) in [5.74, 6) is -0.211. The molecule has 14 heavy (non-hydrogen) atoms. The van der Waals surface area contributed by atoms with Crippen molar-refractivity contribution in [3.05, 3.63) is 34.3 Å². The fourth-order valence-corrected chi connectivity index (χ4v) is 0.885. The van der Waals surface area contributed by atoms with Gasteiger partial charge < -0.3 is 4.74 Å². The second kappa shape index (κ2) is 7.65. The maximum atomic E-state index is 9.82. The van der Waals surface area contributed by atoms with E-state index in [4.69, 9.17) is 23.2 Å². The lowest BCUT2D eigenvalue weighted by molar-refractivity contribution is -0.140. The van der Waals surface area contributed by atoms with Crippen LogP contribution < -0.4 is 0 Å². The first kappa shape index (κ1) is 13.3. The molecule has 0 unspecified atom stereocenters. The maximum Gasteiger partial charge on any atom is 0.302 e. The Morgan fingerprint density at radius 1 is 1.21 bits per heavy atom. The predicted molar refractivity (Wildman–Crippen MR) is 58.8 cm³/mol. The Morgan fingerprint density at radius 3 is 1.71 bits per heavy atom. The van der Waals surface area contributed by atoms with Gasteiger partial charge in [-0.15, -0.1) is 0 Å². The lowest BCUT2D eigenvalue weighted by atomic mass is 10.4. The van der Waals surface area contributed by atoms with Gasteiger partial charge in [0.05, 0.1) is 6.61 Å². The van der Waals surface area contributed by atoms with Gasteiger partial charge in [-0.2, -0.15) is 0 Å². The molecular weight excluding hydrogens is 223 g/mol. The minimum absolute atomic E-state index is 0.211. The smallest absolute Gasteiger partial charge is 0.302 e. The van der Waals surface area contributed by atoms with E-state index in [-0.39, 0.29) is 5.97 Å². The summed E-state index contributed by atoms with van der Waals surface area (Å²) in [6.45, 7) is 3.65. The lowest BCUT2D eigenvalue weighted by Gasteiger charge is -1.89. The summed E-state index contributed by atoms with van der Waals surface area (Å²) in [6, 6.07) is 7.02. The molecule has 0 atom stereocenters. The van der Waals surface area contributed by atoms with Crippen molar-refractivity contribution in [3.63, 3.8) is 0 Å². The Kier molecular flexibility index (Phi) is 7.25. The van der Waals surface area contributed by atoms with Crippen molar-refractivity contribution in [2.24, 2.45) is 0 Å². The first-order valence-corrected chi connectivity index (χ1v) is 4.86. The highest BCUT2D eigenvalue weighted by Crippen LogP contribution is 2.12. The van der Waals surface area contributed by atoms with E-state index in [1.807, 2.05) is 0 Å². The topological polar surface area (TPSA) is 26.3 Å². The maximum absolute atomic E-state index is 9.82. The predicted octanol–water partition coefficient (Wildman–Crippen LogP) is 3.56. The number of rotatable bonds is 1. The highest BCUT2D eigenvalue weighted by molar-refractivity contribution is 6.32. The van der Waals surface area contributed by atoms with Gasteiger partial charge >= 0.3 is 5.97 Å². The minimum Gasteiger partial charge on any atom is -0.466 e. The third kappa shape index (κ3) is 7.90. The molecule has 0 aliphatic heterocycles. The zero-order valence-corrected chi connectivity index (χ0v) is 9.60. The van der Waals surface area contributed by atoms with Crippen molar-refractivity contribution in [1.29, 1.82) is 0 Å². The van der Waals surface area contributed by atoms with E-state index in [9.17, 15) is 4.79 Å². The number of halogens is 2. The summed E-state index contributed by atoms with van der Waals surface area (Å²) in [5.41, 5.74) is 0. The monoisotopic (exact) mass is 234 g/mol. The summed E-state index contributed by atoms with van der Waals surface area (Å²) in [6.07, 6.45) is 0. The average molecular weight is 235 g/mol. The van der Waals surface area contributed by atoms with Crippen molar-refractivity contribution in [2.45, 2.75) is 13.8 Å². The summed E-state index contributed by atoms with van der Waals surface area (Å²) in [7, 11) is 0. The number of hydrogen-bond acceptors (Lipinski definition) is 2. The summed E-state index contributed by atoms with van der Waals surface area (Å²) < 4.78 is 4.40. The molecule has 0 aliphatic rings. The van der Waals surface area contributed by atoms with Crippen molar-refractivity contribution in [2.75, 3.05) is 6.61 Å². The van der Waals surface area contributed by atoms with E-state index in [2.05, 4.69) is 4.74 Å². The number of hydrogen-bond donors (Lipinski definition) is 0. The molecule has 1 aromatic carbocycles. The summed E-state index contributed by atoms with van der Waals surface area (Å²) >= 11 is 11.1.